The number of likely N-dealkylation sites (tertiary alicyclic amines) is 1. The molecule has 2 fully saturated rings. The lowest BCUT2D eigenvalue weighted by Crippen LogP contribution is -2.38. The Balaban J connectivity index is 1.42. The van der Waals surface area contributed by atoms with Gasteiger partial charge in [-0.25, -0.2) is 0 Å². The van der Waals surface area contributed by atoms with Crippen molar-refractivity contribution in [2.45, 2.75) is 26.0 Å². The number of hydrogen-bond acceptors (Lipinski definition) is 6. The van der Waals surface area contributed by atoms with E-state index >= 15 is 0 Å². The van der Waals surface area contributed by atoms with E-state index in [4.69, 9.17) is 9.47 Å². The predicted molar refractivity (Wildman–Crippen MR) is 157 cm³/mol. The fourth-order valence-corrected chi connectivity index (χ4v) is 5.69. The number of halogens is 1. The zero-order valence-electron chi connectivity index (χ0n) is 22.5. The second-order valence-corrected chi connectivity index (χ2v) is 11.0. The molecule has 40 heavy (non-hydrogen) atoms. The molecule has 3 aromatic carbocycles. The summed E-state index contributed by atoms with van der Waals surface area (Å²) in [7, 11) is 0. The molecule has 0 saturated carbocycles. The third-order valence-electron chi connectivity index (χ3n) is 7.37. The summed E-state index contributed by atoms with van der Waals surface area (Å²) in [6.07, 6.45) is 0.712. The number of carbonyl (C=O) groups is 2. The molecule has 0 bridgehead atoms. The maximum Gasteiger partial charge on any atom is 0.295 e. The van der Waals surface area contributed by atoms with E-state index in [1.165, 1.54) is 0 Å². The van der Waals surface area contributed by atoms with Gasteiger partial charge in [0.2, 0.25) is 0 Å². The summed E-state index contributed by atoms with van der Waals surface area (Å²) < 4.78 is 12.3. The smallest absolute Gasteiger partial charge is 0.295 e. The molecule has 1 atom stereocenters. The van der Waals surface area contributed by atoms with Crippen LogP contribution in [0.1, 0.15) is 34.7 Å². The number of Topliss-reactive ketones (excluding diaryl/α,β-unsaturated/α-hetero) is 1. The van der Waals surface area contributed by atoms with Crippen LogP contribution < -0.4 is 4.74 Å². The lowest BCUT2D eigenvalue weighted by molar-refractivity contribution is -0.140. The van der Waals surface area contributed by atoms with Crippen molar-refractivity contribution in [3.8, 4) is 5.75 Å². The molecule has 3 aromatic rings. The summed E-state index contributed by atoms with van der Waals surface area (Å²) in [4.78, 5) is 30.6. The number of carbonyl (C=O) groups excluding carboxylic acids is 2. The summed E-state index contributed by atoms with van der Waals surface area (Å²) in [5, 5.41) is 11.5. The van der Waals surface area contributed by atoms with Gasteiger partial charge in [0, 0.05) is 36.2 Å². The number of morpholine rings is 1. The van der Waals surface area contributed by atoms with E-state index in [-0.39, 0.29) is 11.3 Å². The molecule has 2 aliphatic rings. The van der Waals surface area contributed by atoms with Crippen LogP contribution in [0.25, 0.3) is 5.76 Å². The van der Waals surface area contributed by atoms with Gasteiger partial charge < -0.3 is 19.5 Å². The summed E-state index contributed by atoms with van der Waals surface area (Å²) in [6.45, 7) is 6.66. The number of aliphatic hydroxyl groups excluding tert-OH is 1. The highest BCUT2D eigenvalue weighted by Gasteiger charge is 2.45. The number of aliphatic hydroxyl groups is 1. The minimum atomic E-state index is -0.684. The van der Waals surface area contributed by atoms with E-state index in [1.807, 2.05) is 61.5 Å². The molecule has 208 valence electrons. The van der Waals surface area contributed by atoms with Crippen molar-refractivity contribution in [2.24, 2.45) is 0 Å². The highest BCUT2D eigenvalue weighted by atomic mass is 79.9. The quantitative estimate of drug-likeness (QED) is 0.198. The molecule has 8 heteroatoms. The maximum atomic E-state index is 13.4. The number of ketones is 1. The normalized spacial score (nSPS) is 19.2. The molecule has 0 spiro atoms. The maximum absolute atomic E-state index is 13.4. The van der Waals surface area contributed by atoms with E-state index in [1.54, 1.807) is 23.1 Å². The van der Waals surface area contributed by atoms with Crippen LogP contribution in [-0.2, 0) is 20.9 Å². The van der Waals surface area contributed by atoms with Crippen molar-refractivity contribution in [3.63, 3.8) is 0 Å². The first-order valence-corrected chi connectivity index (χ1v) is 14.3. The number of amides is 1. The van der Waals surface area contributed by atoms with Crippen LogP contribution in [0.4, 0.5) is 0 Å². The summed E-state index contributed by atoms with van der Waals surface area (Å²) >= 11 is 3.52. The molecule has 1 N–H and O–H groups in total. The Bertz CT molecular complexity index is 1400. The van der Waals surface area contributed by atoms with E-state index in [9.17, 15) is 14.7 Å². The molecule has 2 heterocycles. The fourth-order valence-electron chi connectivity index (χ4n) is 5.27. The van der Waals surface area contributed by atoms with Crippen LogP contribution >= 0.6 is 15.9 Å². The molecule has 1 amide bonds. The van der Waals surface area contributed by atoms with Crippen molar-refractivity contribution < 1.29 is 24.2 Å². The van der Waals surface area contributed by atoms with E-state index in [2.05, 4.69) is 20.8 Å². The molecular weight excluding hydrogens is 572 g/mol. The van der Waals surface area contributed by atoms with Gasteiger partial charge >= 0.3 is 0 Å². The monoisotopic (exact) mass is 604 g/mol. The first-order chi connectivity index (χ1) is 19.4. The molecule has 5 rings (SSSR count). The SMILES string of the molecule is Cc1cc(C(O)=C2C(=O)C(=O)N(CCCN3CCOCC3)[C@H]2c2cccc(Br)c2)ccc1OCc1ccccc1. The molecule has 0 aliphatic carbocycles. The largest absolute Gasteiger partial charge is 0.507 e. The van der Waals surface area contributed by atoms with Crippen molar-refractivity contribution in [3.05, 3.63) is 105 Å². The number of aryl methyl sites for hydroxylation is 1. The highest BCUT2D eigenvalue weighted by molar-refractivity contribution is 9.10. The van der Waals surface area contributed by atoms with Crippen LogP contribution in [-0.4, -0.2) is 66.0 Å². The van der Waals surface area contributed by atoms with Crippen molar-refractivity contribution >= 4 is 33.4 Å². The zero-order valence-corrected chi connectivity index (χ0v) is 24.1. The number of ether oxygens (including phenoxy) is 2. The Morgan fingerprint density at radius 3 is 2.50 bits per heavy atom. The number of nitrogens with zero attached hydrogens (tertiary/aromatic N) is 2. The lowest BCUT2D eigenvalue weighted by atomic mass is 9.94. The summed E-state index contributed by atoms with van der Waals surface area (Å²) in [5.41, 5.74) is 3.21. The molecule has 0 unspecified atom stereocenters. The Kier molecular flexibility index (Phi) is 8.99. The van der Waals surface area contributed by atoms with Gasteiger partial charge in [0.1, 0.15) is 18.1 Å². The van der Waals surface area contributed by atoms with Crippen molar-refractivity contribution in [1.82, 2.24) is 9.80 Å². The number of hydrogen-bond donors (Lipinski definition) is 1. The average Bonchev–Trinajstić information content (AvgIpc) is 3.22. The van der Waals surface area contributed by atoms with Crippen LogP contribution in [0.15, 0.2) is 82.8 Å². The molecule has 0 radical (unpaired) electrons. The predicted octanol–water partition coefficient (Wildman–Crippen LogP) is 5.48. The third-order valence-corrected chi connectivity index (χ3v) is 7.86. The van der Waals surface area contributed by atoms with Gasteiger partial charge in [-0.3, -0.25) is 14.5 Å². The zero-order chi connectivity index (χ0) is 28.1. The Hall–Kier alpha value is -3.46. The molecule has 2 saturated heterocycles. The van der Waals surface area contributed by atoms with Gasteiger partial charge in [0.05, 0.1) is 24.8 Å². The topological polar surface area (TPSA) is 79.3 Å². The van der Waals surface area contributed by atoms with E-state index < -0.39 is 17.7 Å². The molecule has 7 nitrogen and oxygen atoms in total. The van der Waals surface area contributed by atoms with Crippen molar-refractivity contribution in [1.29, 1.82) is 0 Å². The first kappa shape index (κ1) is 28.1. The third kappa shape index (κ3) is 6.30. The standard InChI is InChI=1S/C32H33BrN2O5/c1-22-19-25(11-12-27(22)40-21-23-7-3-2-4-8-23)30(36)28-29(24-9-5-10-26(33)20-24)35(32(38)31(28)37)14-6-13-34-15-17-39-18-16-34/h2-5,7-12,19-20,29,36H,6,13-18,21H2,1H3/t29-/m0/s1. The van der Waals surface area contributed by atoms with Gasteiger partial charge in [-0.05, 0) is 60.4 Å². The minimum Gasteiger partial charge on any atom is -0.507 e. The fraction of sp³-hybridized carbons (Fsp3) is 0.312. The van der Waals surface area contributed by atoms with Crippen LogP contribution in [0.5, 0.6) is 5.75 Å². The van der Waals surface area contributed by atoms with Crippen LogP contribution in [0.2, 0.25) is 0 Å². The summed E-state index contributed by atoms with van der Waals surface area (Å²) in [5.74, 6) is -0.756. The summed E-state index contributed by atoms with van der Waals surface area (Å²) in [6, 6.07) is 22.1. The second-order valence-electron chi connectivity index (χ2n) is 10.1. The molecule has 0 aromatic heterocycles. The lowest BCUT2D eigenvalue weighted by Gasteiger charge is -2.29. The Morgan fingerprint density at radius 2 is 1.77 bits per heavy atom. The number of benzene rings is 3. The van der Waals surface area contributed by atoms with Gasteiger partial charge in [0.25, 0.3) is 11.7 Å². The minimum absolute atomic E-state index is 0.104. The van der Waals surface area contributed by atoms with Crippen LogP contribution in [0, 0.1) is 6.92 Å². The second kappa shape index (κ2) is 12.8. The van der Waals surface area contributed by atoms with Gasteiger partial charge in [-0.2, -0.15) is 0 Å². The number of rotatable bonds is 9. The molecule has 2 aliphatic heterocycles. The Labute approximate surface area is 243 Å². The van der Waals surface area contributed by atoms with E-state index in [0.717, 1.165) is 40.8 Å². The Morgan fingerprint density at radius 1 is 1.00 bits per heavy atom. The van der Waals surface area contributed by atoms with Gasteiger partial charge in [-0.1, -0.05) is 58.4 Å². The average molecular weight is 606 g/mol. The van der Waals surface area contributed by atoms with Gasteiger partial charge in [0.15, 0.2) is 0 Å². The highest BCUT2D eigenvalue weighted by Crippen LogP contribution is 2.40. The molecular formula is C32H33BrN2O5. The van der Waals surface area contributed by atoms with Gasteiger partial charge in [-0.15, -0.1) is 0 Å². The first-order valence-electron chi connectivity index (χ1n) is 13.5. The van der Waals surface area contributed by atoms with Crippen molar-refractivity contribution in [2.75, 3.05) is 39.4 Å². The van der Waals surface area contributed by atoms with E-state index in [0.29, 0.717) is 44.1 Å². The van der Waals surface area contributed by atoms with Crippen LogP contribution in [0.3, 0.4) is 0 Å².